The standard InChI is InChI=1S/C17H14FN3O3/c1-10-9-11(23-2)7-8-12(10)15-16(21-24-20-15)19-17(22)13-5-3-4-6-14(13)18/h3-9H,1-2H3,(H,19,21,22). The number of hydrogen-bond acceptors (Lipinski definition) is 5. The number of benzene rings is 2. The fourth-order valence-corrected chi connectivity index (χ4v) is 2.30. The highest BCUT2D eigenvalue weighted by Crippen LogP contribution is 2.30. The molecule has 1 N–H and O–H groups in total. The molecule has 1 heterocycles. The molecule has 24 heavy (non-hydrogen) atoms. The number of rotatable bonds is 4. The molecule has 1 amide bonds. The average molecular weight is 327 g/mol. The van der Waals surface area contributed by atoms with Crippen LogP contribution in [0.25, 0.3) is 11.3 Å². The van der Waals surface area contributed by atoms with Crippen LogP contribution in [0, 0.1) is 12.7 Å². The van der Waals surface area contributed by atoms with Gasteiger partial charge in [0.15, 0.2) is 5.69 Å². The highest BCUT2D eigenvalue weighted by molar-refractivity contribution is 6.05. The summed E-state index contributed by atoms with van der Waals surface area (Å²) in [6, 6.07) is 11.1. The molecule has 0 saturated heterocycles. The van der Waals surface area contributed by atoms with E-state index in [1.807, 2.05) is 13.0 Å². The molecule has 1 aromatic heterocycles. The Morgan fingerprint density at radius 1 is 1.21 bits per heavy atom. The molecule has 7 heteroatoms. The molecule has 0 bridgehead atoms. The maximum absolute atomic E-state index is 13.7. The Labute approximate surface area is 137 Å². The van der Waals surface area contributed by atoms with Gasteiger partial charge in [0.25, 0.3) is 5.91 Å². The summed E-state index contributed by atoms with van der Waals surface area (Å²) in [5.74, 6) is -0.425. The number of carbonyl (C=O) groups excluding carboxylic acids is 1. The van der Waals surface area contributed by atoms with Gasteiger partial charge >= 0.3 is 0 Å². The molecule has 0 aliphatic carbocycles. The van der Waals surface area contributed by atoms with Gasteiger partial charge < -0.3 is 10.1 Å². The van der Waals surface area contributed by atoms with Crippen molar-refractivity contribution >= 4 is 11.7 Å². The van der Waals surface area contributed by atoms with Gasteiger partial charge in [-0.2, -0.15) is 0 Å². The minimum Gasteiger partial charge on any atom is -0.497 e. The normalized spacial score (nSPS) is 10.5. The van der Waals surface area contributed by atoms with Gasteiger partial charge in [0.2, 0.25) is 5.82 Å². The van der Waals surface area contributed by atoms with E-state index in [4.69, 9.17) is 9.37 Å². The molecule has 3 rings (SSSR count). The number of halogens is 1. The van der Waals surface area contributed by atoms with Crippen molar-refractivity contribution < 1.29 is 18.6 Å². The first-order valence-electron chi connectivity index (χ1n) is 7.13. The number of amides is 1. The number of aromatic nitrogens is 2. The maximum atomic E-state index is 13.7. The third-order valence-corrected chi connectivity index (χ3v) is 3.53. The fourth-order valence-electron chi connectivity index (χ4n) is 2.30. The van der Waals surface area contributed by atoms with E-state index in [1.165, 1.54) is 18.2 Å². The largest absolute Gasteiger partial charge is 0.497 e. The lowest BCUT2D eigenvalue weighted by Gasteiger charge is -2.07. The Balaban J connectivity index is 1.91. The monoisotopic (exact) mass is 327 g/mol. The maximum Gasteiger partial charge on any atom is 0.259 e. The molecule has 0 radical (unpaired) electrons. The minimum atomic E-state index is -0.629. The van der Waals surface area contributed by atoms with Crippen molar-refractivity contribution in [3.63, 3.8) is 0 Å². The number of anilines is 1. The molecule has 0 fully saturated rings. The molecule has 0 aliphatic heterocycles. The molecule has 0 saturated carbocycles. The smallest absolute Gasteiger partial charge is 0.259 e. The van der Waals surface area contributed by atoms with Crippen molar-refractivity contribution in [1.29, 1.82) is 0 Å². The van der Waals surface area contributed by atoms with Crippen molar-refractivity contribution in [2.45, 2.75) is 6.92 Å². The van der Waals surface area contributed by atoms with E-state index in [0.29, 0.717) is 11.4 Å². The second kappa shape index (κ2) is 6.49. The summed E-state index contributed by atoms with van der Waals surface area (Å²) in [5, 5.41) is 10.1. The zero-order valence-electron chi connectivity index (χ0n) is 13.0. The van der Waals surface area contributed by atoms with Crippen LogP contribution in [0.4, 0.5) is 10.2 Å². The molecule has 122 valence electrons. The van der Waals surface area contributed by atoms with Crippen molar-refractivity contribution in [1.82, 2.24) is 10.3 Å². The van der Waals surface area contributed by atoms with Crippen LogP contribution in [-0.2, 0) is 0 Å². The third-order valence-electron chi connectivity index (χ3n) is 3.53. The van der Waals surface area contributed by atoms with E-state index < -0.39 is 11.7 Å². The second-order valence-corrected chi connectivity index (χ2v) is 5.08. The summed E-state index contributed by atoms with van der Waals surface area (Å²) < 4.78 is 23.6. The molecule has 0 spiro atoms. The Kier molecular flexibility index (Phi) is 4.24. The van der Waals surface area contributed by atoms with E-state index in [-0.39, 0.29) is 11.4 Å². The molecular formula is C17H14FN3O3. The SMILES string of the molecule is COc1ccc(-c2nonc2NC(=O)c2ccccc2F)c(C)c1. The minimum absolute atomic E-state index is 0.0853. The Bertz CT molecular complexity index is 892. The molecule has 0 atom stereocenters. The lowest BCUT2D eigenvalue weighted by molar-refractivity contribution is 0.102. The molecular weight excluding hydrogens is 313 g/mol. The number of methoxy groups -OCH3 is 1. The first kappa shape index (κ1) is 15.7. The highest BCUT2D eigenvalue weighted by Gasteiger charge is 2.19. The van der Waals surface area contributed by atoms with Gasteiger partial charge in [-0.25, -0.2) is 9.02 Å². The first-order chi connectivity index (χ1) is 11.6. The predicted molar refractivity (Wildman–Crippen MR) is 85.4 cm³/mol. The van der Waals surface area contributed by atoms with Crippen LogP contribution in [0.1, 0.15) is 15.9 Å². The number of carbonyl (C=O) groups is 1. The average Bonchev–Trinajstić information content (AvgIpc) is 3.02. The van der Waals surface area contributed by atoms with Crippen LogP contribution in [0.5, 0.6) is 5.75 Å². The summed E-state index contributed by atoms with van der Waals surface area (Å²) in [4.78, 5) is 12.2. The summed E-state index contributed by atoms with van der Waals surface area (Å²) in [7, 11) is 1.58. The molecule has 6 nitrogen and oxygen atoms in total. The van der Waals surface area contributed by atoms with Gasteiger partial charge in [-0.3, -0.25) is 4.79 Å². The lowest BCUT2D eigenvalue weighted by atomic mass is 10.1. The van der Waals surface area contributed by atoms with E-state index in [9.17, 15) is 9.18 Å². The van der Waals surface area contributed by atoms with Gasteiger partial charge in [0.1, 0.15) is 11.6 Å². The van der Waals surface area contributed by atoms with Gasteiger partial charge in [0.05, 0.1) is 12.7 Å². The van der Waals surface area contributed by atoms with Crippen LogP contribution in [0.3, 0.4) is 0 Å². The summed E-state index contributed by atoms with van der Waals surface area (Å²) >= 11 is 0. The molecule has 0 aliphatic rings. The Morgan fingerprint density at radius 2 is 2.00 bits per heavy atom. The lowest BCUT2D eigenvalue weighted by Crippen LogP contribution is -2.14. The van der Waals surface area contributed by atoms with E-state index in [0.717, 1.165) is 11.1 Å². The first-order valence-corrected chi connectivity index (χ1v) is 7.13. The zero-order valence-corrected chi connectivity index (χ0v) is 13.0. The zero-order chi connectivity index (χ0) is 17.1. The van der Waals surface area contributed by atoms with Gasteiger partial charge in [-0.1, -0.05) is 12.1 Å². The molecule has 2 aromatic carbocycles. The fraction of sp³-hybridized carbons (Fsp3) is 0.118. The number of hydrogen-bond donors (Lipinski definition) is 1. The number of aryl methyl sites for hydroxylation is 1. The number of nitrogens with one attached hydrogen (secondary N) is 1. The second-order valence-electron chi connectivity index (χ2n) is 5.08. The van der Waals surface area contributed by atoms with Crippen LogP contribution >= 0.6 is 0 Å². The van der Waals surface area contributed by atoms with Crippen LogP contribution in [0.2, 0.25) is 0 Å². The quantitative estimate of drug-likeness (QED) is 0.794. The molecule has 0 unspecified atom stereocenters. The Morgan fingerprint density at radius 3 is 2.71 bits per heavy atom. The van der Waals surface area contributed by atoms with E-state index >= 15 is 0 Å². The van der Waals surface area contributed by atoms with Crippen molar-refractivity contribution in [3.05, 3.63) is 59.4 Å². The van der Waals surface area contributed by atoms with Crippen LogP contribution in [-0.4, -0.2) is 23.3 Å². The summed E-state index contributed by atoms with van der Waals surface area (Å²) in [6.45, 7) is 1.87. The van der Waals surface area contributed by atoms with Crippen molar-refractivity contribution in [2.75, 3.05) is 12.4 Å². The van der Waals surface area contributed by atoms with Gasteiger partial charge in [-0.15, -0.1) is 0 Å². The third kappa shape index (κ3) is 2.96. The Hall–Kier alpha value is -3.22. The van der Waals surface area contributed by atoms with Crippen LogP contribution in [0.15, 0.2) is 47.1 Å². The summed E-state index contributed by atoms with van der Waals surface area (Å²) in [6.07, 6.45) is 0. The van der Waals surface area contributed by atoms with Crippen molar-refractivity contribution in [2.24, 2.45) is 0 Å². The molecule has 3 aromatic rings. The summed E-state index contributed by atoms with van der Waals surface area (Å²) in [5.41, 5.74) is 1.87. The van der Waals surface area contributed by atoms with Gasteiger partial charge in [0, 0.05) is 5.56 Å². The predicted octanol–water partition coefficient (Wildman–Crippen LogP) is 3.45. The highest BCUT2D eigenvalue weighted by atomic mass is 19.1. The van der Waals surface area contributed by atoms with E-state index in [2.05, 4.69) is 15.6 Å². The number of ether oxygens (including phenoxy) is 1. The van der Waals surface area contributed by atoms with E-state index in [1.54, 1.807) is 25.3 Å². The van der Waals surface area contributed by atoms with Crippen LogP contribution < -0.4 is 10.1 Å². The van der Waals surface area contributed by atoms with Crippen molar-refractivity contribution in [3.8, 4) is 17.0 Å². The topological polar surface area (TPSA) is 77.2 Å². The number of nitrogens with zero attached hydrogens (tertiary/aromatic N) is 2. The van der Waals surface area contributed by atoms with Gasteiger partial charge in [-0.05, 0) is 53.1 Å².